The second-order valence-corrected chi connectivity index (χ2v) is 2.97. The number of hydrogen-bond donors (Lipinski definition) is 2. The fourth-order valence-corrected chi connectivity index (χ4v) is 1.08. The zero-order valence-corrected chi connectivity index (χ0v) is 7.37. The van der Waals surface area contributed by atoms with E-state index in [1.807, 2.05) is 0 Å². The monoisotopic (exact) mass is 159 g/mol. The minimum Gasteiger partial charge on any atom is -0.396 e. The predicted molar refractivity (Wildman–Crippen MR) is 55.7 cm³/mol. The summed E-state index contributed by atoms with van der Waals surface area (Å²) < 4.78 is 0. The summed E-state index contributed by atoms with van der Waals surface area (Å²) in [5, 5.41) is 11.9. The number of rotatable bonds is 1. The van der Waals surface area contributed by atoms with E-state index in [0.29, 0.717) is 12.5 Å². The number of nitrogens with one attached hydrogen (secondary N) is 1. The standard InChI is InChI=1S/C6H13NO.B4/c8-5-6-2-1-3-7-4-6;1-4(2)3/h6-8H,1-5H2;. The van der Waals surface area contributed by atoms with Crippen molar-refractivity contribution in [3.63, 3.8) is 0 Å². The van der Waals surface area contributed by atoms with Crippen molar-refractivity contribution in [1.82, 2.24) is 5.32 Å². The Kier molecular flexibility index (Phi) is 7.93. The zero-order valence-electron chi connectivity index (χ0n) is 7.37. The van der Waals surface area contributed by atoms with Crippen molar-refractivity contribution in [3.8, 4) is 0 Å². The molecular weight excluding hydrogens is 145 g/mol. The van der Waals surface area contributed by atoms with Crippen LogP contribution in [0.5, 0.6) is 0 Å². The molecular formula is C6H13B4NO. The van der Waals surface area contributed by atoms with Gasteiger partial charge in [0.15, 0.2) is 0 Å². The lowest BCUT2D eigenvalue weighted by Crippen LogP contribution is -2.31. The maximum absolute atomic E-state index is 8.65. The molecule has 0 aromatic carbocycles. The molecule has 1 unspecified atom stereocenters. The van der Waals surface area contributed by atoms with E-state index in [-0.39, 0.29) is 0 Å². The van der Waals surface area contributed by atoms with Crippen molar-refractivity contribution in [3.05, 3.63) is 0 Å². The van der Waals surface area contributed by atoms with Crippen LogP contribution in [-0.2, 0) is 0 Å². The molecule has 0 aromatic heterocycles. The van der Waals surface area contributed by atoms with Crippen LogP contribution in [0.15, 0.2) is 0 Å². The van der Waals surface area contributed by atoms with Gasteiger partial charge in [0.05, 0.1) is 0 Å². The molecule has 1 saturated heterocycles. The van der Waals surface area contributed by atoms with Crippen LogP contribution in [0.2, 0.25) is 0 Å². The van der Waals surface area contributed by atoms with Gasteiger partial charge in [0.25, 0.3) is 0 Å². The van der Waals surface area contributed by atoms with Gasteiger partial charge in [0.2, 0.25) is 0 Å². The number of hydrogen-bond acceptors (Lipinski definition) is 2. The van der Waals surface area contributed by atoms with E-state index in [4.69, 9.17) is 5.11 Å². The first-order chi connectivity index (χ1) is 5.66. The molecule has 2 nitrogen and oxygen atoms in total. The molecule has 2 N–H and O–H groups in total. The highest BCUT2D eigenvalue weighted by Gasteiger charge is 2.09. The molecule has 1 aliphatic rings. The maximum Gasteiger partial charge on any atom is 0.0471 e. The molecule has 1 heterocycles. The van der Waals surface area contributed by atoms with Gasteiger partial charge in [-0.15, -0.1) is 0 Å². The first-order valence-electron chi connectivity index (χ1n) is 4.25. The minimum atomic E-state index is -0.667. The number of piperidine rings is 1. The first kappa shape index (κ1) is 12.2. The Bertz CT molecular complexity index is 94.8. The molecule has 1 fully saturated rings. The van der Waals surface area contributed by atoms with Gasteiger partial charge in [0.1, 0.15) is 0 Å². The van der Waals surface area contributed by atoms with Crippen LogP contribution in [0.1, 0.15) is 12.8 Å². The van der Waals surface area contributed by atoms with Crippen molar-refractivity contribution >= 4 is 29.6 Å². The van der Waals surface area contributed by atoms with E-state index >= 15 is 0 Å². The number of aliphatic hydroxyl groups is 1. The fourth-order valence-electron chi connectivity index (χ4n) is 1.08. The Morgan fingerprint density at radius 2 is 2.00 bits per heavy atom. The summed E-state index contributed by atoms with van der Waals surface area (Å²) in [6.45, 7) is 2.50. The van der Waals surface area contributed by atoms with E-state index in [0.717, 1.165) is 13.1 Å². The average Bonchev–Trinajstić information content (AvgIpc) is 2.05. The van der Waals surface area contributed by atoms with Gasteiger partial charge in [0, 0.05) is 42.7 Å². The fraction of sp³-hybridized carbons (Fsp3) is 1.00. The minimum absolute atomic E-state index is 0.354. The highest BCUT2D eigenvalue weighted by atomic mass is 16.3. The molecule has 0 spiro atoms. The second-order valence-electron chi connectivity index (χ2n) is 2.97. The summed E-state index contributed by atoms with van der Waals surface area (Å²) in [6, 6.07) is 0. The summed E-state index contributed by atoms with van der Waals surface area (Å²) in [5.74, 6) is 0.531. The normalized spacial score (nSPS) is 22.2. The largest absolute Gasteiger partial charge is 0.396 e. The Morgan fingerprint density at radius 1 is 1.42 bits per heavy atom. The molecule has 6 radical (unpaired) electrons. The van der Waals surface area contributed by atoms with Crippen molar-refractivity contribution in [2.75, 3.05) is 19.7 Å². The highest BCUT2D eigenvalue weighted by Crippen LogP contribution is 2.07. The van der Waals surface area contributed by atoms with Crippen molar-refractivity contribution in [2.24, 2.45) is 5.92 Å². The van der Waals surface area contributed by atoms with Crippen LogP contribution in [0.3, 0.4) is 0 Å². The Labute approximate surface area is 79.1 Å². The summed E-state index contributed by atoms with van der Waals surface area (Å²) in [6.07, 6.45) is 1.76. The third-order valence-electron chi connectivity index (χ3n) is 1.66. The van der Waals surface area contributed by atoms with Crippen molar-refractivity contribution < 1.29 is 5.11 Å². The van der Waals surface area contributed by atoms with Gasteiger partial charge < -0.3 is 10.4 Å². The van der Waals surface area contributed by atoms with Gasteiger partial charge in [-0.3, -0.25) is 0 Å². The van der Waals surface area contributed by atoms with Gasteiger partial charge in [-0.1, -0.05) is 0 Å². The molecule has 6 heteroatoms. The lowest BCUT2D eigenvalue weighted by atomic mass is 9.08. The van der Waals surface area contributed by atoms with E-state index in [1.54, 1.807) is 0 Å². The molecule has 12 heavy (non-hydrogen) atoms. The second kappa shape index (κ2) is 7.81. The average molecular weight is 158 g/mol. The van der Waals surface area contributed by atoms with Crippen LogP contribution in [0.25, 0.3) is 0 Å². The van der Waals surface area contributed by atoms with E-state index < -0.39 is 6.39 Å². The molecule has 60 valence electrons. The quantitative estimate of drug-likeness (QED) is 0.453. The van der Waals surface area contributed by atoms with E-state index in [1.165, 1.54) is 12.8 Å². The molecule has 1 rings (SSSR count). The summed E-state index contributed by atoms with van der Waals surface area (Å²) in [4.78, 5) is 0. The first-order valence-corrected chi connectivity index (χ1v) is 4.25. The van der Waals surface area contributed by atoms with Gasteiger partial charge in [-0.25, -0.2) is 0 Å². The lowest BCUT2D eigenvalue weighted by molar-refractivity contribution is 0.199. The molecule has 1 atom stereocenters. The molecule has 0 amide bonds. The zero-order chi connectivity index (χ0) is 9.40. The van der Waals surface area contributed by atoms with Crippen LogP contribution in [-0.4, -0.2) is 54.4 Å². The Balaban J connectivity index is 0.000000261. The Hall–Kier alpha value is 0.180. The third-order valence-corrected chi connectivity index (χ3v) is 1.66. The molecule has 0 bridgehead atoms. The lowest BCUT2D eigenvalue weighted by Gasteiger charge is -2.19. The Morgan fingerprint density at radius 3 is 2.25 bits per heavy atom. The molecule has 0 aliphatic carbocycles. The van der Waals surface area contributed by atoms with Gasteiger partial charge in [-0.2, -0.15) is 0 Å². The van der Waals surface area contributed by atoms with Crippen LogP contribution < -0.4 is 5.32 Å². The molecule has 1 aliphatic heterocycles. The summed E-state index contributed by atoms with van der Waals surface area (Å²) >= 11 is 0. The van der Waals surface area contributed by atoms with Crippen molar-refractivity contribution in [2.45, 2.75) is 12.8 Å². The molecule has 0 saturated carbocycles. The molecule has 0 aromatic rings. The summed E-state index contributed by atoms with van der Waals surface area (Å²) in [5.41, 5.74) is 0. The van der Waals surface area contributed by atoms with Crippen molar-refractivity contribution in [1.29, 1.82) is 0 Å². The van der Waals surface area contributed by atoms with Gasteiger partial charge >= 0.3 is 0 Å². The smallest absolute Gasteiger partial charge is 0.0471 e. The SMILES string of the molecule is OCC1CCCNC1.[B]B([B])[B]. The van der Waals surface area contributed by atoms with E-state index in [2.05, 4.69) is 28.5 Å². The predicted octanol–water partition coefficient (Wildman–Crippen LogP) is -1.54. The topological polar surface area (TPSA) is 32.3 Å². The maximum atomic E-state index is 8.65. The third kappa shape index (κ3) is 8.28. The van der Waals surface area contributed by atoms with Crippen LogP contribution in [0, 0.1) is 5.92 Å². The highest BCUT2D eigenvalue weighted by molar-refractivity contribution is 7.49. The van der Waals surface area contributed by atoms with E-state index in [9.17, 15) is 0 Å². The van der Waals surface area contributed by atoms with Gasteiger partial charge in [-0.05, 0) is 25.3 Å². The van der Waals surface area contributed by atoms with Crippen LogP contribution in [0.4, 0.5) is 0 Å². The summed E-state index contributed by atoms with van der Waals surface area (Å²) in [7, 11) is 14.0. The number of aliphatic hydroxyl groups excluding tert-OH is 1. The van der Waals surface area contributed by atoms with Crippen LogP contribution >= 0.6 is 0 Å².